The van der Waals surface area contributed by atoms with Crippen molar-refractivity contribution in [1.82, 2.24) is 25.3 Å². The van der Waals surface area contributed by atoms with Crippen LogP contribution >= 0.6 is 22.9 Å². The van der Waals surface area contributed by atoms with Crippen LogP contribution in [-0.2, 0) is 0 Å². The number of thiazole rings is 1. The number of nitriles is 1. The first kappa shape index (κ1) is 22.2. The molecule has 0 radical (unpaired) electrons. The molecule has 0 atom stereocenters. The van der Waals surface area contributed by atoms with Crippen molar-refractivity contribution < 1.29 is 4.79 Å². The summed E-state index contributed by atoms with van der Waals surface area (Å²) in [6.45, 7) is 7.75. The average molecular weight is 449 g/mol. The Morgan fingerprint density at radius 1 is 1.30 bits per heavy atom. The van der Waals surface area contributed by atoms with Crippen LogP contribution in [0.3, 0.4) is 0 Å². The maximum Gasteiger partial charge on any atom is 0.281 e. The Morgan fingerprint density at radius 2 is 2.00 bits per heavy atom. The Bertz CT molecular complexity index is 917. The summed E-state index contributed by atoms with van der Waals surface area (Å²) in [5, 5.41) is 11.9. The Morgan fingerprint density at radius 3 is 2.63 bits per heavy atom. The highest BCUT2D eigenvalue weighted by atomic mass is 35.5. The summed E-state index contributed by atoms with van der Waals surface area (Å²) in [4.78, 5) is 30.5. The molecule has 1 amide bonds. The molecule has 3 rings (SSSR count). The fourth-order valence-corrected chi connectivity index (χ4v) is 4.27. The third-order valence-corrected chi connectivity index (χ3v) is 6.40. The molecule has 3 heterocycles. The van der Waals surface area contributed by atoms with Crippen molar-refractivity contribution >= 4 is 39.8 Å². The third-order valence-electron chi connectivity index (χ3n) is 5.07. The molecule has 1 aliphatic heterocycles. The van der Waals surface area contributed by atoms with E-state index in [0.29, 0.717) is 10.7 Å². The van der Waals surface area contributed by atoms with Crippen LogP contribution in [0.15, 0.2) is 12.4 Å². The highest BCUT2D eigenvalue weighted by molar-refractivity contribution is 7.17. The maximum absolute atomic E-state index is 13.0. The van der Waals surface area contributed by atoms with Crippen LogP contribution in [0.5, 0.6) is 0 Å². The predicted octanol–water partition coefficient (Wildman–Crippen LogP) is 2.55. The van der Waals surface area contributed by atoms with Crippen LogP contribution in [0.25, 0.3) is 0 Å². The zero-order valence-electron chi connectivity index (χ0n) is 17.3. The van der Waals surface area contributed by atoms with Crippen LogP contribution in [0.4, 0.5) is 10.9 Å². The highest BCUT2D eigenvalue weighted by Gasteiger charge is 2.25. The van der Waals surface area contributed by atoms with Gasteiger partial charge in [-0.25, -0.2) is 9.97 Å². The SMILES string of the molecule is CCC(CC)N(NC(=O)c1cnc(N2CCN(C)CC2)s1)c1nc(C#N)ncc1Cl. The van der Waals surface area contributed by atoms with Gasteiger partial charge in [-0.15, -0.1) is 0 Å². The highest BCUT2D eigenvalue weighted by Crippen LogP contribution is 2.27. The van der Waals surface area contributed by atoms with E-state index in [1.54, 1.807) is 11.2 Å². The molecule has 1 N–H and O–H groups in total. The Labute approximate surface area is 185 Å². The molecular formula is C19H25ClN8OS. The topological polar surface area (TPSA) is 101 Å². The van der Waals surface area contributed by atoms with Gasteiger partial charge in [-0.2, -0.15) is 10.2 Å². The summed E-state index contributed by atoms with van der Waals surface area (Å²) < 4.78 is 0. The zero-order chi connectivity index (χ0) is 21.7. The normalized spacial score (nSPS) is 14.6. The number of nitrogens with zero attached hydrogens (tertiary/aromatic N) is 7. The van der Waals surface area contributed by atoms with Gasteiger partial charge >= 0.3 is 0 Å². The smallest absolute Gasteiger partial charge is 0.281 e. The Balaban J connectivity index is 1.81. The van der Waals surface area contributed by atoms with E-state index in [1.807, 2.05) is 19.9 Å². The largest absolute Gasteiger partial charge is 0.346 e. The van der Waals surface area contributed by atoms with Gasteiger partial charge in [-0.3, -0.25) is 15.2 Å². The van der Waals surface area contributed by atoms with Crippen LogP contribution in [0, 0.1) is 11.3 Å². The number of hydrogen-bond donors (Lipinski definition) is 1. The maximum atomic E-state index is 13.0. The van der Waals surface area contributed by atoms with Crippen molar-refractivity contribution in [2.24, 2.45) is 0 Å². The molecule has 9 nitrogen and oxygen atoms in total. The number of likely N-dealkylation sites (N-methyl/N-ethyl adjacent to an activating group) is 1. The summed E-state index contributed by atoms with van der Waals surface area (Å²) in [7, 11) is 2.10. The molecule has 0 spiro atoms. The van der Waals surface area contributed by atoms with Gasteiger partial charge in [0.15, 0.2) is 10.9 Å². The molecule has 1 fully saturated rings. The predicted molar refractivity (Wildman–Crippen MR) is 118 cm³/mol. The number of piperazine rings is 1. The zero-order valence-corrected chi connectivity index (χ0v) is 18.9. The van der Waals surface area contributed by atoms with Gasteiger partial charge in [0.1, 0.15) is 16.0 Å². The van der Waals surface area contributed by atoms with Crippen molar-refractivity contribution in [2.45, 2.75) is 32.7 Å². The summed E-state index contributed by atoms with van der Waals surface area (Å²) in [5.41, 5.74) is 2.92. The number of hydrogen-bond acceptors (Lipinski definition) is 9. The van der Waals surface area contributed by atoms with Crippen LogP contribution in [-0.4, -0.2) is 65.0 Å². The van der Waals surface area contributed by atoms with Gasteiger partial charge in [0, 0.05) is 26.2 Å². The second-order valence-electron chi connectivity index (χ2n) is 7.06. The molecule has 30 heavy (non-hydrogen) atoms. The minimum Gasteiger partial charge on any atom is -0.346 e. The molecule has 2 aromatic rings. The lowest BCUT2D eigenvalue weighted by Crippen LogP contribution is -2.49. The number of rotatable bonds is 7. The van der Waals surface area contributed by atoms with Crippen LogP contribution in [0.1, 0.15) is 42.2 Å². The molecule has 0 aromatic carbocycles. The van der Waals surface area contributed by atoms with Crippen LogP contribution in [0.2, 0.25) is 5.02 Å². The molecule has 0 bridgehead atoms. The summed E-state index contributed by atoms with van der Waals surface area (Å²) in [5.74, 6) is 0.0248. The summed E-state index contributed by atoms with van der Waals surface area (Å²) >= 11 is 7.67. The number of amides is 1. The average Bonchev–Trinajstić information content (AvgIpc) is 3.25. The Hall–Kier alpha value is -2.48. The minimum absolute atomic E-state index is 0.00486. The molecule has 1 aliphatic rings. The van der Waals surface area contributed by atoms with Crippen LogP contribution < -0.4 is 15.3 Å². The summed E-state index contributed by atoms with van der Waals surface area (Å²) in [6.07, 6.45) is 4.49. The second kappa shape index (κ2) is 10.0. The fourth-order valence-electron chi connectivity index (χ4n) is 3.23. The number of nitrogens with one attached hydrogen (secondary N) is 1. The molecule has 1 saturated heterocycles. The van der Waals surface area contributed by atoms with E-state index in [2.05, 4.69) is 37.2 Å². The number of halogens is 1. The van der Waals surface area contributed by atoms with E-state index in [1.165, 1.54) is 17.5 Å². The molecule has 2 aromatic heterocycles. The van der Waals surface area contributed by atoms with E-state index in [4.69, 9.17) is 16.9 Å². The summed E-state index contributed by atoms with van der Waals surface area (Å²) in [6, 6.07) is 1.87. The number of anilines is 2. The first-order valence-corrected chi connectivity index (χ1v) is 11.1. The Kier molecular flexibility index (Phi) is 7.42. The third kappa shape index (κ3) is 4.98. The van der Waals surface area contributed by atoms with Crippen molar-refractivity contribution in [3.05, 3.63) is 28.1 Å². The fraction of sp³-hybridized carbons (Fsp3) is 0.526. The van der Waals surface area contributed by atoms with Gasteiger partial charge < -0.3 is 9.80 Å². The van der Waals surface area contributed by atoms with Crippen molar-refractivity contribution in [3.8, 4) is 6.07 Å². The van der Waals surface area contributed by atoms with Gasteiger partial charge in [-0.1, -0.05) is 36.8 Å². The number of aromatic nitrogens is 3. The number of hydrazine groups is 1. The minimum atomic E-state index is -0.284. The first-order valence-electron chi connectivity index (χ1n) is 9.88. The second-order valence-corrected chi connectivity index (χ2v) is 8.47. The van der Waals surface area contributed by atoms with Crippen molar-refractivity contribution in [2.75, 3.05) is 43.1 Å². The number of carbonyl (C=O) groups is 1. The van der Waals surface area contributed by atoms with Gasteiger partial charge in [-0.05, 0) is 19.9 Å². The van der Waals surface area contributed by atoms with E-state index >= 15 is 0 Å². The van der Waals surface area contributed by atoms with E-state index in [-0.39, 0.29) is 22.8 Å². The molecule has 0 unspecified atom stereocenters. The quantitative estimate of drug-likeness (QED) is 0.645. The van der Waals surface area contributed by atoms with Gasteiger partial charge in [0.25, 0.3) is 5.91 Å². The first-order chi connectivity index (χ1) is 14.5. The van der Waals surface area contributed by atoms with Crippen molar-refractivity contribution in [1.29, 1.82) is 5.26 Å². The standard InChI is InChI=1S/C19H25ClN8OS/c1-4-13(5-2)28(17-14(20)11-22-16(10-21)24-17)25-18(29)15-12-23-19(30-15)27-8-6-26(3)7-9-27/h11-13H,4-9H2,1-3H3,(H,25,29). The van der Waals surface area contributed by atoms with E-state index < -0.39 is 0 Å². The van der Waals surface area contributed by atoms with E-state index in [9.17, 15) is 4.79 Å². The molecule has 160 valence electrons. The molecular weight excluding hydrogens is 424 g/mol. The molecule has 0 aliphatic carbocycles. The number of carbonyl (C=O) groups excluding carboxylic acids is 1. The monoisotopic (exact) mass is 448 g/mol. The lowest BCUT2D eigenvalue weighted by molar-refractivity contribution is 0.0947. The lowest BCUT2D eigenvalue weighted by Gasteiger charge is -2.32. The van der Waals surface area contributed by atoms with E-state index in [0.717, 1.165) is 44.2 Å². The molecule has 0 saturated carbocycles. The lowest BCUT2D eigenvalue weighted by atomic mass is 10.1. The van der Waals surface area contributed by atoms with Crippen molar-refractivity contribution in [3.63, 3.8) is 0 Å². The van der Waals surface area contributed by atoms with Gasteiger partial charge in [0.2, 0.25) is 5.82 Å². The van der Waals surface area contributed by atoms with Gasteiger partial charge in [0.05, 0.1) is 18.4 Å². The molecule has 11 heteroatoms.